The molecule has 3 rings (SSSR count). The van der Waals surface area contributed by atoms with E-state index in [0.29, 0.717) is 16.1 Å². The molecule has 0 saturated heterocycles. The van der Waals surface area contributed by atoms with Crippen molar-refractivity contribution in [1.29, 1.82) is 0 Å². The number of hydrogen-bond donors (Lipinski definition) is 1. The van der Waals surface area contributed by atoms with Crippen LogP contribution in [0.2, 0.25) is 0 Å². The molecule has 0 aliphatic carbocycles. The first kappa shape index (κ1) is 19.5. The minimum atomic E-state index is -0.917. The molecule has 0 fully saturated rings. The van der Waals surface area contributed by atoms with Gasteiger partial charge in [0.15, 0.2) is 6.10 Å². The minimum Gasteiger partial charge on any atom is -0.451 e. The van der Waals surface area contributed by atoms with Crippen LogP contribution in [-0.2, 0) is 4.74 Å². The van der Waals surface area contributed by atoms with Gasteiger partial charge in [-0.15, -0.1) is 11.3 Å². The van der Waals surface area contributed by atoms with E-state index >= 15 is 0 Å². The van der Waals surface area contributed by atoms with Gasteiger partial charge in [-0.3, -0.25) is 9.59 Å². The summed E-state index contributed by atoms with van der Waals surface area (Å²) in [7, 11) is 0. The van der Waals surface area contributed by atoms with E-state index in [1.807, 2.05) is 24.4 Å². The maximum atomic E-state index is 12.4. The van der Waals surface area contributed by atoms with Crippen molar-refractivity contribution in [1.82, 2.24) is 0 Å². The van der Waals surface area contributed by atoms with E-state index in [-0.39, 0.29) is 17.3 Å². The molecule has 5 nitrogen and oxygen atoms in total. The molecule has 3 aromatic rings. The van der Waals surface area contributed by atoms with Crippen LogP contribution in [0.25, 0.3) is 0 Å². The average molecular weight is 393 g/mol. The molecule has 2 aromatic carbocycles. The number of carbonyl (C=O) groups excluding carboxylic acids is 3. The Hall–Kier alpha value is -3.25. The average Bonchev–Trinajstić information content (AvgIpc) is 3.23. The molecule has 28 heavy (non-hydrogen) atoms. The number of nitrogens with one attached hydrogen (secondary N) is 1. The van der Waals surface area contributed by atoms with Crippen LogP contribution >= 0.6 is 11.3 Å². The highest BCUT2D eigenvalue weighted by atomic mass is 32.1. The van der Waals surface area contributed by atoms with Crippen LogP contribution in [0.5, 0.6) is 0 Å². The number of ketones is 1. The molecule has 0 spiro atoms. The standard InChI is InChI=1S/C22H19NO4S/c1-14-8-10-16(11-9-14)20(24)15(2)27-22(26)17-5-3-6-18(13-17)23-21(25)19-7-4-12-28-19/h3-13,15H,1-2H3,(H,23,25)/t15-/m1/s1. The number of rotatable bonds is 6. The fourth-order valence-electron chi connectivity index (χ4n) is 2.56. The number of benzene rings is 2. The third kappa shape index (κ3) is 4.72. The molecule has 1 atom stereocenters. The van der Waals surface area contributed by atoms with E-state index in [9.17, 15) is 14.4 Å². The van der Waals surface area contributed by atoms with Gasteiger partial charge >= 0.3 is 5.97 Å². The number of aryl methyl sites for hydroxylation is 1. The molecule has 6 heteroatoms. The lowest BCUT2D eigenvalue weighted by Gasteiger charge is -2.13. The number of esters is 1. The SMILES string of the molecule is Cc1ccc(C(=O)[C@@H](C)OC(=O)c2cccc(NC(=O)c3cccs3)c2)cc1. The maximum absolute atomic E-state index is 12.4. The van der Waals surface area contributed by atoms with Gasteiger partial charge in [0.1, 0.15) is 0 Å². The smallest absolute Gasteiger partial charge is 0.338 e. The molecule has 1 N–H and O–H groups in total. The van der Waals surface area contributed by atoms with Gasteiger partial charge < -0.3 is 10.1 Å². The topological polar surface area (TPSA) is 72.5 Å². The van der Waals surface area contributed by atoms with E-state index < -0.39 is 12.1 Å². The van der Waals surface area contributed by atoms with E-state index in [1.165, 1.54) is 17.4 Å². The highest BCUT2D eigenvalue weighted by Crippen LogP contribution is 2.17. The van der Waals surface area contributed by atoms with Crippen LogP contribution in [-0.4, -0.2) is 23.8 Å². The lowest BCUT2D eigenvalue weighted by molar-refractivity contribution is 0.0319. The van der Waals surface area contributed by atoms with Gasteiger partial charge in [0, 0.05) is 11.3 Å². The largest absolute Gasteiger partial charge is 0.451 e. The van der Waals surface area contributed by atoms with Crippen LogP contribution in [0, 0.1) is 6.92 Å². The highest BCUT2D eigenvalue weighted by molar-refractivity contribution is 7.12. The number of Topliss-reactive ketones (excluding diaryl/α,β-unsaturated/α-hetero) is 1. The number of amides is 1. The van der Waals surface area contributed by atoms with Crippen molar-refractivity contribution in [2.24, 2.45) is 0 Å². The zero-order chi connectivity index (χ0) is 20.1. The molecule has 0 aliphatic rings. The Morgan fingerprint density at radius 1 is 0.964 bits per heavy atom. The first-order valence-electron chi connectivity index (χ1n) is 8.71. The number of hydrogen-bond acceptors (Lipinski definition) is 5. The molecule has 0 bridgehead atoms. The Kier molecular flexibility index (Phi) is 6.01. The van der Waals surface area contributed by atoms with Crippen LogP contribution in [0.4, 0.5) is 5.69 Å². The second-order valence-electron chi connectivity index (χ2n) is 6.29. The van der Waals surface area contributed by atoms with E-state index in [2.05, 4.69) is 5.32 Å². The summed E-state index contributed by atoms with van der Waals surface area (Å²) in [5.41, 5.74) is 2.27. The molecule has 0 unspecified atom stereocenters. The highest BCUT2D eigenvalue weighted by Gasteiger charge is 2.20. The summed E-state index contributed by atoms with van der Waals surface area (Å²) < 4.78 is 5.32. The molecule has 1 amide bonds. The van der Waals surface area contributed by atoms with Crippen molar-refractivity contribution in [2.75, 3.05) is 5.32 Å². The predicted molar refractivity (Wildman–Crippen MR) is 109 cm³/mol. The molecule has 1 heterocycles. The molecule has 1 aromatic heterocycles. The zero-order valence-electron chi connectivity index (χ0n) is 15.5. The molecular weight excluding hydrogens is 374 g/mol. The van der Waals surface area contributed by atoms with E-state index in [0.717, 1.165) is 5.56 Å². The number of ether oxygens (including phenoxy) is 1. The van der Waals surface area contributed by atoms with Crippen molar-refractivity contribution < 1.29 is 19.1 Å². The van der Waals surface area contributed by atoms with Gasteiger partial charge in [-0.2, -0.15) is 0 Å². The second kappa shape index (κ2) is 8.63. The Labute approximate surface area is 167 Å². The summed E-state index contributed by atoms with van der Waals surface area (Å²) in [4.78, 5) is 37.6. The fraction of sp³-hybridized carbons (Fsp3) is 0.136. The van der Waals surface area contributed by atoms with Crippen LogP contribution < -0.4 is 5.32 Å². The Bertz CT molecular complexity index is 994. The molecule has 0 saturated carbocycles. The van der Waals surface area contributed by atoms with E-state index in [1.54, 1.807) is 49.4 Å². The van der Waals surface area contributed by atoms with Crippen molar-refractivity contribution in [3.8, 4) is 0 Å². The fourth-order valence-corrected chi connectivity index (χ4v) is 3.18. The molecular formula is C22H19NO4S. The van der Waals surface area contributed by atoms with Crippen LogP contribution in [0.1, 0.15) is 42.9 Å². The van der Waals surface area contributed by atoms with Crippen LogP contribution in [0.3, 0.4) is 0 Å². The van der Waals surface area contributed by atoms with Crippen molar-refractivity contribution >= 4 is 34.7 Å². The monoisotopic (exact) mass is 393 g/mol. The third-order valence-electron chi connectivity index (χ3n) is 4.09. The Balaban J connectivity index is 1.66. The number of carbonyl (C=O) groups is 3. The Morgan fingerprint density at radius 3 is 2.39 bits per heavy atom. The van der Waals surface area contributed by atoms with Gasteiger partial charge in [0.2, 0.25) is 5.78 Å². The molecule has 0 radical (unpaired) electrons. The third-order valence-corrected chi connectivity index (χ3v) is 4.96. The van der Waals surface area contributed by atoms with Gasteiger partial charge in [0.25, 0.3) is 5.91 Å². The van der Waals surface area contributed by atoms with E-state index in [4.69, 9.17) is 4.74 Å². The number of thiophene rings is 1. The van der Waals surface area contributed by atoms with Crippen molar-refractivity contribution in [3.05, 3.63) is 87.6 Å². The van der Waals surface area contributed by atoms with Crippen molar-refractivity contribution in [2.45, 2.75) is 20.0 Å². The first-order chi connectivity index (χ1) is 13.4. The maximum Gasteiger partial charge on any atom is 0.338 e. The predicted octanol–water partition coefficient (Wildman–Crippen LogP) is 4.74. The van der Waals surface area contributed by atoms with Crippen molar-refractivity contribution in [3.63, 3.8) is 0 Å². The molecule has 142 valence electrons. The second-order valence-corrected chi connectivity index (χ2v) is 7.24. The minimum absolute atomic E-state index is 0.247. The van der Waals surface area contributed by atoms with Crippen LogP contribution in [0.15, 0.2) is 66.0 Å². The zero-order valence-corrected chi connectivity index (χ0v) is 16.3. The van der Waals surface area contributed by atoms with Gasteiger partial charge in [-0.05, 0) is 43.5 Å². The summed E-state index contributed by atoms with van der Waals surface area (Å²) >= 11 is 1.33. The lowest BCUT2D eigenvalue weighted by atomic mass is 10.1. The summed E-state index contributed by atoms with van der Waals surface area (Å²) in [5.74, 6) is -1.14. The molecule has 0 aliphatic heterocycles. The summed E-state index contributed by atoms with van der Waals surface area (Å²) in [6, 6.07) is 17.0. The quantitative estimate of drug-likeness (QED) is 0.485. The van der Waals surface area contributed by atoms with Gasteiger partial charge in [0.05, 0.1) is 10.4 Å². The summed E-state index contributed by atoms with van der Waals surface area (Å²) in [5, 5.41) is 4.56. The normalized spacial score (nSPS) is 11.5. The van der Waals surface area contributed by atoms with Gasteiger partial charge in [-0.1, -0.05) is 42.0 Å². The van der Waals surface area contributed by atoms with Gasteiger partial charge in [-0.25, -0.2) is 4.79 Å². The lowest BCUT2D eigenvalue weighted by Crippen LogP contribution is -2.24. The first-order valence-corrected chi connectivity index (χ1v) is 9.59. The Morgan fingerprint density at radius 2 is 1.71 bits per heavy atom. The summed E-state index contributed by atoms with van der Waals surface area (Å²) in [6.07, 6.45) is -0.917. The summed E-state index contributed by atoms with van der Waals surface area (Å²) in [6.45, 7) is 3.48. The number of anilines is 1.